The monoisotopic (exact) mass is 288 g/mol. The van der Waals surface area contributed by atoms with E-state index in [2.05, 4.69) is 10.5 Å². The summed E-state index contributed by atoms with van der Waals surface area (Å²) < 4.78 is 14.7. The van der Waals surface area contributed by atoms with Crippen molar-refractivity contribution in [3.8, 4) is 0 Å². The van der Waals surface area contributed by atoms with Gasteiger partial charge >= 0.3 is 0 Å². The van der Waals surface area contributed by atoms with Gasteiger partial charge in [-0.15, -0.1) is 0 Å². The first-order chi connectivity index (χ1) is 8.54. The van der Waals surface area contributed by atoms with Gasteiger partial charge in [0.05, 0.1) is 28.0 Å². The van der Waals surface area contributed by atoms with Gasteiger partial charge in [-0.1, -0.05) is 29.3 Å². The summed E-state index contributed by atoms with van der Waals surface area (Å²) in [4.78, 5) is 0. The molecule has 1 aromatic carbocycles. The molecule has 0 amide bonds. The zero-order valence-corrected chi connectivity index (χ0v) is 11.0. The molecule has 1 heterocycles. The molecule has 0 aliphatic carbocycles. The maximum atomic E-state index is 13.1. The Morgan fingerprint density at radius 2 is 2.11 bits per heavy atom. The van der Waals surface area contributed by atoms with E-state index >= 15 is 0 Å². The zero-order chi connectivity index (χ0) is 13.3. The lowest BCUT2D eigenvalue weighted by Gasteiger charge is -2.17. The van der Waals surface area contributed by atoms with Crippen LogP contribution in [0, 0.1) is 5.82 Å². The van der Waals surface area contributed by atoms with Crippen LogP contribution in [0.3, 0.4) is 0 Å². The van der Waals surface area contributed by atoms with Crippen LogP contribution >= 0.6 is 23.2 Å². The van der Waals surface area contributed by atoms with Crippen LogP contribution in [0.15, 0.2) is 24.4 Å². The number of nitrogens with one attached hydrogen (secondary N) is 1. The summed E-state index contributed by atoms with van der Waals surface area (Å²) in [5.74, 6) is 5.06. The minimum Gasteiger partial charge on any atom is -0.271 e. The number of hydrazine groups is 1. The normalized spacial score (nSPS) is 12.7. The molecule has 4 nitrogen and oxygen atoms in total. The molecule has 2 aromatic rings. The number of nitrogens with zero attached hydrogens (tertiary/aromatic N) is 2. The van der Waals surface area contributed by atoms with Crippen LogP contribution in [-0.2, 0) is 7.05 Å². The smallest absolute Gasteiger partial charge is 0.141 e. The molecule has 96 valence electrons. The number of aryl methyl sites for hydroxylation is 1. The molecular formula is C11H11Cl2FN4. The van der Waals surface area contributed by atoms with E-state index in [1.54, 1.807) is 17.8 Å². The van der Waals surface area contributed by atoms with E-state index in [4.69, 9.17) is 29.0 Å². The van der Waals surface area contributed by atoms with E-state index in [-0.39, 0.29) is 5.02 Å². The lowest BCUT2D eigenvalue weighted by Crippen LogP contribution is -2.30. The maximum Gasteiger partial charge on any atom is 0.141 e. The molecule has 2 rings (SSSR count). The molecule has 0 aliphatic rings. The number of benzene rings is 1. The van der Waals surface area contributed by atoms with Crippen molar-refractivity contribution in [1.82, 2.24) is 15.2 Å². The lowest BCUT2D eigenvalue weighted by molar-refractivity contribution is 0.572. The molecule has 18 heavy (non-hydrogen) atoms. The summed E-state index contributed by atoms with van der Waals surface area (Å²) in [6, 6.07) is 3.97. The average Bonchev–Trinajstić information content (AvgIpc) is 2.66. The Balaban J connectivity index is 2.48. The molecule has 0 saturated heterocycles. The molecule has 0 bridgehead atoms. The Hall–Kier alpha value is -1.14. The highest BCUT2D eigenvalue weighted by atomic mass is 35.5. The third-order valence-electron chi connectivity index (χ3n) is 2.65. The second-order valence-corrected chi connectivity index (χ2v) is 4.59. The number of hydrogen-bond donors (Lipinski definition) is 2. The summed E-state index contributed by atoms with van der Waals surface area (Å²) >= 11 is 11.8. The summed E-state index contributed by atoms with van der Waals surface area (Å²) in [5.41, 5.74) is 4.01. The van der Waals surface area contributed by atoms with Crippen LogP contribution in [0.4, 0.5) is 4.39 Å². The van der Waals surface area contributed by atoms with Crippen molar-refractivity contribution < 1.29 is 4.39 Å². The van der Waals surface area contributed by atoms with Gasteiger partial charge in [-0.3, -0.25) is 10.5 Å². The Morgan fingerprint density at radius 3 is 2.61 bits per heavy atom. The highest BCUT2D eigenvalue weighted by molar-refractivity contribution is 6.31. The second-order valence-electron chi connectivity index (χ2n) is 3.77. The van der Waals surface area contributed by atoms with Crippen molar-refractivity contribution in [3.05, 3.63) is 51.5 Å². The summed E-state index contributed by atoms with van der Waals surface area (Å²) in [5, 5.41) is 4.54. The van der Waals surface area contributed by atoms with Crippen molar-refractivity contribution in [2.45, 2.75) is 6.04 Å². The number of rotatable bonds is 3. The molecule has 0 fully saturated rings. The highest BCUT2D eigenvalue weighted by Crippen LogP contribution is 2.29. The Bertz CT molecular complexity index is 551. The topological polar surface area (TPSA) is 55.9 Å². The van der Waals surface area contributed by atoms with Crippen molar-refractivity contribution in [2.75, 3.05) is 0 Å². The van der Waals surface area contributed by atoms with Gasteiger partial charge < -0.3 is 0 Å². The molecule has 1 aromatic heterocycles. The number of nitrogens with two attached hydrogens (primary N) is 1. The fourth-order valence-corrected chi connectivity index (χ4v) is 2.23. The van der Waals surface area contributed by atoms with Gasteiger partial charge in [-0.05, 0) is 17.7 Å². The minimum atomic E-state index is -0.479. The van der Waals surface area contributed by atoms with E-state index in [1.807, 2.05) is 0 Å². The molecular weight excluding hydrogens is 278 g/mol. The van der Waals surface area contributed by atoms with E-state index in [1.165, 1.54) is 18.3 Å². The molecule has 1 unspecified atom stereocenters. The first-order valence-corrected chi connectivity index (χ1v) is 5.88. The predicted molar refractivity (Wildman–Crippen MR) is 68.8 cm³/mol. The van der Waals surface area contributed by atoms with Crippen LogP contribution in [0.25, 0.3) is 0 Å². The van der Waals surface area contributed by atoms with E-state index < -0.39 is 11.9 Å². The number of halogens is 3. The standard InChI is InChI=1S/C11H11Cl2FN4/c1-18-11(8(13)5-16-18)10(17-15)6-2-3-9(14)7(12)4-6/h2-5,10,17H,15H2,1H3. The minimum absolute atomic E-state index is 0.0334. The summed E-state index contributed by atoms with van der Waals surface area (Å²) in [6.45, 7) is 0. The van der Waals surface area contributed by atoms with E-state index in [0.29, 0.717) is 16.3 Å². The van der Waals surface area contributed by atoms with Crippen molar-refractivity contribution >= 4 is 23.2 Å². The van der Waals surface area contributed by atoms with Crippen molar-refractivity contribution in [3.63, 3.8) is 0 Å². The third-order valence-corrected chi connectivity index (χ3v) is 3.24. The molecule has 7 heteroatoms. The second kappa shape index (κ2) is 5.24. The first kappa shape index (κ1) is 13.3. The summed E-state index contributed by atoms with van der Waals surface area (Å²) in [7, 11) is 1.75. The van der Waals surface area contributed by atoms with Gasteiger partial charge in [0, 0.05) is 7.05 Å². The molecule has 0 aliphatic heterocycles. The Morgan fingerprint density at radius 1 is 1.39 bits per heavy atom. The Kier molecular flexibility index (Phi) is 3.87. The van der Waals surface area contributed by atoms with E-state index in [0.717, 1.165) is 0 Å². The van der Waals surface area contributed by atoms with Crippen LogP contribution in [0.1, 0.15) is 17.3 Å². The lowest BCUT2D eigenvalue weighted by atomic mass is 10.0. The fraction of sp³-hybridized carbons (Fsp3) is 0.182. The maximum absolute atomic E-state index is 13.1. The third kappa shape index (κ3) is 2.35. The van der Waals surface area contributed by atoms with Gasteiger partial charge in [0.2, 0.25) is 0 Å². The van der Waals surface area contributed by atoms with Crippen molar-refractivity contribution in [2.24, 2.45) is 12.9 Å². The summed E-state index contributed by atoms with van der Waals surface area (Å²) in [6.07, 6.45) is 1.52. The van der Waals surface area contributed by atoms with Crippen LogP contribution in [-0.4, -0.2) is 9.78 Å². The first-order valence-electron chi connectivity index (χ1n) is 5.13. The quantitative estimate of drug-likeness (QED) is 0.674. The number of hydrogen-bond acceptors (Lipinski definition) is 3. The fourth-order valence-electron chi connectivity index (χ4n) is 1.77. The Labute approximate surface area is 113 Å². The molecule has 3 N–H and O–H groups in total. The van der Waals surface area contributed by atoms with Gasteiger partial charge in [0.25, 0.3) is 0 Å². The zero-order valence-electron chi connectivity index (χ0n) is 9.49. The van der Waals surface area contributed by atoms with E-state index in [9.17, 15) is 4.39 Å². The van der Waals surface area contributed by atoms with Crippen LogP contribution in [0.2, 0.25) is 10.0 Å². The van der Waals surface area contributed by atoms with Crippen molar-refractivity contribution in [1.29, 1.82) is 0 Å². The largest absolute Gasteiger partial charge is 0.271 e. The predicted octanol–water partition coefficient (Wildman–Crippen LogP) is 2.42. The molecule has 0 saturated carbocycles. The number of aromatic nitrogens is 2. The van der Waals surface area contributed by atoms with Gasteiger partial charge in [-0.25, -0.2) is 9.82 Å². The average molecular weight is 289 g/mol. The molecule has 1 atom stereocenters. The molecule has 0 spiro atoms. The SMILES string of the molecule is Cn1ncc(Cl)c1C(NN)c1ccc(F)c(Cl)c1. The van der Waals surface area contributed by atoms with Gasteiger partial charge in [0.15, 0.2) is 0 Å². The van der Waals surface area contributed by atoms with Crippen LogP contribution < -0.4 is 11.3 Å². The molecule has 0 radical (unpaired) electrons. The van der Waals surface area contributed by atoms with Gasteiger partial charge in [-0.2, -0.15) is 5.10 Å². The van der Waals surface area contributed by atoms with Crippen LogP contribution in [0.5, 0.6) is 0 Å². The highest BCUT2D eigenvalue weighted by Gasteiger charge is 2.20. The van der Waals surface area contributed by atoms with Gasteiger partial charge in [0.1, 0.15) is 5.82 Å².